The number of carbonyl (C=O) groups is 1. The second kappa shape index (κ2) is 7.03. The minimum Gasteiger partial charge on any atom is -0.334 e. The summed E-state index contributed by atoms with van der Waals surface area (Å²) in [7, 11) is 0. The number of halogens is 3. The Balaban J connectivity index is 1.57. The molecule has 0 bridgehead atoms. The normalized spacial score (nSPS) is 12.8. The van der Waals surface area contributed by atoms with Crippen LogP contribution in [0.4, 0.5) is 18.0 Å². The van der Waals surface area contributed by atoms with E-state index in [9.17, 15) is 18.0 Å². The lowest BCUT2D eigenvalue weighted by atomic mass is 10.1. The van der Waals surface area contributed by atoms with E-state index in [-0.39, 0.29) is 6.54 Å². The van der Waals surface area contributed by atoms with Crippen LogP contribution >= 0.6 is 0 Å². The molecule has 136 valence electrons. The molecule has 2 heterocycles. The minimum atomic E-state index is -4.38. The number of fused-ring (bicyclic) bond motifs is 1. The van der Waals surface area contributed by atoms with Gasteiger partial charge in [-0.3, -0.25) is 4.40 Å². The summed E-state index contributed by atoms with van der Waals surface area (Å²) in [6, 6.07) is 9.25. The van der Waals surface area contributed by atoms with E-state index in [0.717, 1.165) is 12.1 Å². The lowest BCUT2D eigenvalue weighted by Crippen LogP contribution is -2.37. The summed E-state index contributed by atoms with van der Waals surface area (Å²) in [5.74, 6) is 0.574. The van der Waals surface area contributed by atoms with Gasteiger partial charge in [-0.15, -0.1) is 10.2 Å². The number of aromatic nitrogens is 3. The SMILES string of the molecule is C[C@H](NC(=O)NCc1ccc(C(F)(F)F)cc1)c1nnc2ccccn12. The van der Waals surface area contributed by atoms with Gasteiger partial charge in [-0.25, -0.2) is 4.79 Å². The van der Waals surface area contributed by atoms with Crippen LogP contribution in [0.15, 0.2) is 48.7 Å². The zero-order valence-corrected chi connectivity index (χ0v) is 13.8. The van der Waals surface area contributed by atoms with Crippen LogP contribution in [0.3, 0.4) is 0 Å². The number of benzene rings is 1. The second-order valence-electron chi connectivity index (χ2n) is 5.73. The van der Waals surface area contributed by atoms with Crippen LogP contribution in [0.5, 0.6) is 0 Å². The number of hydrogen-bond donors (Lipinski definition) is 2. The van der Waals surface area contributed by atoms with Gasteiger partial charge in [0.1, 0.15) is 0 Å². The van der Waals surface area contributed by atoms with Crippen LogP contribution in [-0.2, 0) is 12.7 Å². The fraction of sp³-hybridized carbons (Fsp3) is 0.235. The molecule has 9 heteroatoms. The van der Waals surface area contributed by atoms with Gasteiger partial charge >= 0.3 is 12.2 Å². The van der Waals surface area contributed by atoms with Crippen LogP contribution < -0.4 is 10.6 Å². The van der Waals surface area contributed by atoms with Gasteiger partial charge in [-0.05, 0) is 36.8 Å². The number of pyridine rings is 1. The quantitative estimate of drug-likeness (QED) is 0.747. The van der Waals surface area contributed by atoms with Gasteiger partial charge in [0.2, 0.25) is 0 Å². The lowest BCUT2D eigenvalue weighted by Gasteiger charge is -2.13. The molecule has 0 aliphatic carbocycles. The van der Waals surface area contributed by atoms with Gasteiger partial charge in [-0.1, -0.05) is 18.2 Å². The molecule has 3 rings (SSSR count). The average Bonchev–Trinajstić information content (AvgIpc) is 3.04. The highest BCUT2D eigenvalue weighted by Crippen LogP contribution is 2.29. The highest BCUT2D eigenvalue weighted by Gasteiger charge is 2.29. The van der Waals surface area contributed by atoms with Crippen LogP contribution in [-0.4, -0.2) is 20.6 Å². The Bertz CT molecular complexity index is 905. The van der Waals surface area contributed by atoms with Crippen molar-refractivity contribution in [3.63, 3.8) is 0 Å². The van der Waals surface area contributed by atoms with Crippen molar-refractivity contribution in [1.29, 1.82) is 0 Å². The second-order valence-corrected chi connectivity index (χ2v) is 5.73. The zero-order chi connectivity index (χ0) is 18.7. The Hall–Kier alpha value is -3.10. The number of urea groups is 1. The summed E-state index contributed by atoms with van der Waals surface area (Å²) in [6.45, 7) is 1.87. The fourth-order valence-electron chi connectivity index (χ4n) is 2.46. The molecule has 0 radical (unpaired) electrons. The predicted molar refractivity (Wildman–Crippen MR) is 88.2 cm³/mol. The van der Waals surface area contributed by atoms with Crippen molar-refractivity contribution >= 4 is 11.7 Å². The molecule has 0 saturated heterocycles. The molecule has 1 atom stereocenters. The molecule has 0 saturated carbocycles. The first-order valence-electron chi connectivity index (χ1n) is 7.85. The van der Waals surface area contributed by atoms with E-state index in [4.69, 9.17) is 0 Å². The molecule has 0 spiro atoms. The number of nitrogens with one attached hydrogen (secondary N) is 2. The summed E-state index contributed by atoms with van der Waals surface area (Å²) in [4.78, 5) is 12.0. The Morgan fingerprint density at radius 2 is 1.88 bits per heavy atom. The average molecular weight is 363 g/mol. The molecular formula is C17H16F3N5O. The third-order valence-corrected chi connectivity index (χ3v) is 3.81. The van der Waals surface area contributed by atoms with Crippen molar-refractivity contribution in [3.8, 4) is 0 Å². The monoisotopic (exact) mass is 363 g/mol. The van der Waals surface area contributed by atoms with E-state index >= 15 is 0 Å². The van der Waals surface area contributed by atoms with Crippen molar-refractivity contribution in [2.45, 2.75) is 25.7 Å². The van der Waals surface area contributed by atoms with Crippen LogP contribution in [0, 0.1) is 0 Å². The van der Waals surface area contributed by atoms with E-state index in [1.807, 2.05) is 12.1 Å². The molecule has 0 fully saturated rings. The third-order valence-electron chi connectivity index (χ3n) is 3.81. The highest BCUT2D eigenvalue weighted by atomic mass is 19.4. The maximum Gasteiger partial charge on any atom is 0.416 e. The first-order valence-corrected chi connectivity index (χ1v) is 7.85. The molecule has 0 unspecified atom stereocenters. The van der Waals surface area contributed by atoms with E-state index in [1.165, 1.54) is 12.1 Å². The predicted octanol–water partition coefficient (Wildman–Crippen LogP) is 3.31. The fourth-order valence-corrected chi connectivity index (χ4v) is 2.46. The minimum absolute atomic E-state index is 0.108. The smallest absolute Gasteiger partial charge is 0.334 e. The molecule has 0 aliphatic heterocycles. The topological polar surface area (TPSA) is 71.3 Å². The van der Waals surface area contributed by atoms with Gasteiger partial charge in [0.25, 0.3) is 0 Å². The van der Waals surface area contributed by atoms with E-state index in [2.05, 4.69) is 20.8 Å². The van der Waals surface area contributed by atoms with Gasteiger partial charge in [-0.2, -0.15) is 13.2 Å². The van der Waals surface area contributed by atoms with E-state index in [0.29, 0.717) is 17.0 Å². The summed E-state index contributed by atoms with van der Waals surface area (Å²) < 4.78 is 39.4. The standard InChI is InChI=1S/C17H16F3N5O/c1-11(15-24-23-14-4-2-3-9-25(14)15)22-16(26)21-10-12-5-7-13(8-6-12)17(18,19)20/h2-9,11H,10H2,1H3,(H2,21,22,26)/t11-/m0/s1. The molecule has 1 aromatic carbocycles. The largest absolute Gasteiger partial charge is 0.416 e. The summed E-state index contributed by atoms with van der Waals surface area (Å²) >= 11 is 0. The summed E-state index contributed by atoms with van der Waals surface area (Å²) in [5.41, 5.74) is 0.507. The molecular weight excluding hydrogens is 347 g/mol. The molecule has 2 aromatic heterocycles. The number of alkyl halides is 3. The highest BCUT2D eigenvalue weighted by molar-refractivity contribution is 5.74. The number of rotatable bonds is 4. The van der Waals surface area contributed by atoms with Crippen LogP contribution in [0.2, 0.25) is 0 Å². The molecule has 6 nitrogen and oxygen atoms in total. The van der Waals surface area contributed by atoms with Crippen molar-refractivity contribution in [2.75, 3.05) is 0 Å². The third kappa shape index (κ3) is 3.93. The van der Waals surface area contributed by atoms with Crippen molar-refractivity contribution in [3.05, 3.63) is 65.6 Å². The van der Waals surface area contributed by atoms with Crippen molar-refractivity contribution < 1.29 is 18.0 Å². The molecule has 2 N–H and O–H groups in total. The molecule has 0 aliphatic rings. The van der Waals surface area contributed by atoms with Gasteiger partial charge in [0.05, 0.1) is 11.6 Å². The Morgan fingerprint density at radius 3 is 2.58 bits per heavy atom. The maximum absolute atomic E-state index is 12.5. The lowest BCUT2D eigenvalue weighted by molar-refractivity contribution is -0.137. The van der Waals surface area contributed by atoms with Gasteiger partial charge < -0.3 is 10.6 Å². The molecule has 3 aromatic rings. The van der Waals surface area contributed by atoms with Gasteiger partial charge in [0.15, 0.2) is 11.5 Å². The van der Waals surface area contributed by atoms with Crippen molar-refractivity contribution in [1.82, 2.24) is 25.2 Å². The summed E-state index contributed by atoms with van der Waals surface area (Å²) in [5, 5.41) is 13.4. The van der Waals surface area contributed by atoms with E-state index in [1.54, 1.807) is 23.6 Å². The van der Waals surface area contributed by atoms with E-state index < -0.39 is 23.8 Å². The Morgan fingerprint density at radius 1 is 1.15 bits per heavy atom. The first kappa shape index (κ1) is 17.7. The number of nitrogens with zero attached hydrogens (tertiary/aromatic N) is 3. The first-order chi connectivity index (χ1) is 12.3. The summed E-state index contributed by atoms with van der Waals surface area (Å²) in [6.07, 6.45) is -2.58. The Kier molecular flexibility index (Phi) is 4.79. The molecule has 26 heavy (non-hydrogen) atoms. The van der Waals surface area contributed by atoms with Crippen LogP contribution in [0.25, 0.3) is 5.65 Å². The van der Waals surface area contributed by atoms with Crippen molar-refractivity contribution in [2.24, 2.45) is 0 Å². The maximum atomic E-state index is 12.5. The molecule has 2 amide bonds. The van der Waals surface area contributed by atoms with Crippen LogP contribution in [0.1, 0.15) is 29.9 Å². The zero-order valence-electron chi connectivity index (χ0n) is 13.8. The number of hydrogen-bond acceptors (Lipinski definition) is 3. The Labute approximate surface area is 147 Å². The van der Waals surface area contributed by atoms with Gasteiger partial charge in [0, 0.05) is 12.7 Å². The number of carbonyl (C=O) groups excluding carboxylic acids is 1. The number of amides is 2.